The van der Waals surface area contributed by atoms with Crippen molar-refractivity contribution in [1.29, 1.82) is 0 Å². The van der Waals surface area contributed by atoms with Gasteiger partial charge in [-0.2, -0.15) is 0 Å². The molecule has 0 bridgehead atoms. The molecule has 3 rings (SSSR count). The number of rotatable bonds is 6. The molecule has 0 radical (unpaired) electrons. The summed E-state index contributed by atoms with van der Waals surface area (Å²) in [5, 5.41) is 0. The molecule has 0 aromatic heterocycles. The van der Waals surface area contributed by atoms with Gasteiger partial charge in [0, 0.05) is 26.1 Å². The number of halogens is 1. The smallest absolute Gasteiger partial charge is 0.126 e. The maximum absolute atomic E-state index is 14.0. The number of morpholine rings is 1. The summed E-state index contributed by atoms with van der Waals surface area (Å²) >= 11 is 0. The van der Waals surface area contributed by atoms with Gasteiger partial charge in [0.25, 0.3) is 0 Å². The fourth-order valence-corrected chi connectivity index (χ4v) is 3.33. The van der Waals surface area contributed by atoms with Crippen LogP contribution in [0.3, 0.4) is 0 Å². The minimum atomic E-state index is -0.166. The first-order chi connectivity index (χ1) is 12.1. The summed E-state index contributed by atoms with van der Waals surface area (Å²) in [6.07, 6.45) is 0.544. The average molecular weight is 343 g/mol. The lowest BCUT2D eigenvalue weighted by Gasteiger charge is -2.26. The predicted molar refractivity (Wildman–Crippen MR) is 97.9 cm³/mol. The number of hydrogen-bond donors (Lipinski definition) is 0. The quantitative estimate of drug-likeness (QED) is 0.797. The van der Waals surface area contributed by atoms with Crippen LogP contribution in [0.15, 0.2) is 36.4 Å². The second-order valence-corrected chi connectivity index (χ2v) is 6.64. The summed E-state index contributed by atoms with van der Waals surface area (Å²) in [6.45, 7) is 9.14. The van der Waals surface area contributed by atoms with Crippen LogP contribution in [0.5, 0.6) is 5.75 Å². The van der Waals surface area contributed by atoms with Gasteiger partial charge < -0.3 is 9.47 Å². The van der Waals surface area contributed by atoms with Gasteiger partial charge in [-0.25, -0.2) is 4.39 Å². The topological polar surface area (TPSA) is 21.7 Å². The van der Waals surface area contributed by atoms with E-state index in [1.54, 1.807) is 6.07 Å². The van der Waals surface area contributed by atoms with Crippen LogP contribution in [0.4, 0.5) is 4.39 Å². The maximum Gasteiger partial charge on any atom is 0.126 e. The van der Waals surface area contributed by atoms with Gasteiger partial charge in [0.2, 0.25) is 0 Å². The Labute approximate surface area is 149 Å². The first-order valence-electron chi connectivity index (χ1n) is 8.90. The lowest BCUT2D eigenvalue weighted by molar-refractivity contribution is 0.0321. The molecule has 2 aromatic carbocycles. The van der Waals surface area contributed by atoms with E-state index >= 15 is 0 Å². The Bertz CT molecular complexity index is 711. The monoisotopic (exact) mass is 343 g/mol. The number of benzene rings is 2. The molecule has 0 atom stereocenters. The van der Waals surface area contributed by atoms with Crippen molar-refractivity contribution in [3.63, 3.8) is 0 Å². The van der Waals surface area contributed by atoms with E-state index in [2.05, 4.69) is 30.9 Å². The van der Waals surface area contributed by atoms with Crippen LogP contribution in [0.25, 0.3) is 0 Å². The minimum Gasteiger partial charge on any atom is -0.492 e. The molecule has 3 nitrogen and oxygen atoms in total. The molecule has 0 unspecified atom stereocenters. The molecule has 0 N–H and O–H groups in total. The zero-order valence-corrected chi connectivity index (χ0v) is 15.1. The fraction of sp³-hybridized carbons (Fsp3) is 0.429. The molecule has 0 spiro atoms. The van der Waals surface area contributed by atoms with Crippen molar-refractivity contribution in [3.8, 4) is 5.75 Å². The molecule has 4 heteroatoms. The van der Waals surface area contributed by atoms with Gasteiger partial charge in [-0.15, -0.1) is 0 Å². The number of hydrogen-bond acceptors (Lipinski definition) is 3. The second kappa shape index (κ2) is 8.45. The zero-order valence-electron chi connectivity index (χ0n) is 15.1. The van der Waals surface area contributed by atoms with Crippen molar-refractivity contribution in [2.45, 2.75) is 20.3 Å². The molecule has 1 saturated heterocycles. The zero-order chi connectivity index (χ0) is 17.6. The van der Waals surface area contributed by atoms with Crippen molar-refractivity contribution < 1.29 is 13.9 Å². The summed E-state index contributed by atoms with van der Waals surface area (Å²) < 4.78 is 25.6. The molecule has 2 aromatic rings. The lowest BCUT2D eigenvalue weighted by Crippen LogP contribution is -2.38. The second-order valence-electron chi connectivity index (χ2n) is 6.64. The van der Waals surface area contributed by atoms with Crippen molar-refractivity contribution in [2.75, 3.05) is 39.5 Å². The van der Waals surface area contributed by atoms with E-state index < -0.39 is 0 Å². The highest BCUT2D eigenvalue weighted by molar-refractivity contribution is 5.46. The van der Waals surface area contributed by atoms with Crippen LogP contribution in [-0.4, -0.2) is 44.4 Å². The molecule has 1 aliphatic heterocycles. The highest BCUT2D eigenvalue weighted by atomic mass is 19.1. The fourth-order valence-electron chi connectivity index (χ4n) is 3.33. The minimum absolute atomic E-state index is 0.166. The van der Waals surface area contributed by atoms with Crippen molar-refractivity contribution in [1.82, 2.24) is 4.90 Å². The van der Waals surface area contributed by atoms with Crippen molar-refractivity contribution >= 4 is 0 Å². The first-order valence-corrected chi connectivity index (χ1v) is 8.90. The van der Waals surface area contributed by atoms with Gasteiger partial charge in [0.15, 0.2) is 0 Å². The molecule has 1 heterocycles. The molecule has 25 heavy (non-hydrogen) atoms. The van der Waals surface area contributed by atoms with Crippen molar-refractivity contribution in [2.24, 2.45) is 0 Å². The normalized spacial score (nSPS) is 15.3. The highest BCUT2D eigenvalue weighted by Crippen LogP contribution is 2.28. The van der Waals surface area contributed by atoms with E-state index in [0.29, 0.717) is 18.6 Å². The number of ether oxygens (including phenoxy) is 2. The lowest BCUT2D eigenvalue weighted by atomic mass is 9.99. The van der Waals surface area contributed by atoms with E-state index in [0.717, 1.165) is 49.7 Å². The maximum atomic E-state index is 14.0. The van der Waals surface area contributed by atoms with Gasteiger partial charge in [-0.05, 0) is 36.6 Å². The van der Waals surface area contributed by atoms with Gasteiger partial charge in [0.05, 0.1) is 13.2 Å². The Balaban J connectivity index is 1.72. The van der Waals surface area contributed by atoms with Gasteiger partial charge in [0.1, 0.15) is 18.2 Å². The van der Waals surface area contributed by atoms with Crippen LogP contribution in [0, 0.1) is 19.7 Å². The Morgan fingerprint density at radius 2 is 1.84 bits per heavy atom. The Morgan fingerprint density at radius 1 is 1.08 bits per heavy atom. The van der Waals surface area contributed by atoms with Crippen LogP contribution in [0.2, 0.25) is 0 Å². The van der Waals surface area contributed by atoms with E-state index in [4.69, 9.17) is 9.47 Å². The number of nitrogens with zero attached hydrogens (tertiary/aromatic N) is 1. The third-order valence-electron chi connectivity index (χ3n) is 4.59. The average Bonchev–Trinajstić information content (AvgIpc) is 2.60. The summed E-state index contributed by atoms with van der Waals surface area (Å²) in [7, 11) is 0. The molecule has 0 amide bonds. The molecule has 134 valence electrons. The van der Waals surface area contributed by atoms with E-state index in [9.17, 15) is 4.39 Å². The first kappa shape index (κ1) is 17.9. The molecule has 0 aliphatic carbocycles. The third-order valence-corrected chi connectivity index (χ3v) is 4.59. The summed E-state index contributed by atoms with van der Waals surface area (Å²) in [6, 6.07) is 11.2. The van der Waals surface area contributed by atoms with Crippen LogP contribution in [-0.2, 0) is 11.2 Å². The molecule has 1 fully saturated rings. The number of aryl methyl sites for hydroxylation is 2. The van der Waals surface area contributed by atoms with Gasteiger partial charge in [-0.3, -0.25) is 4.90 Å². The molecular formula is C21H26FNO2. The SMILES string of the molecule is Cc1cc(C)c(OCCN2CCOCC2)c(Cc2ccccc2F)c1. The molecular weight excluding hydrogens is 317 g/mol. The summed E-state index contributed by atoms with van der Waals surface area (Å²) in [4.78, 5) is 2.35. The largest absolute Gasteiger partial charge is 0.492 e. The van der Waals surface area contributed by atoms with Gasteiger partial charge >= 0.3 is 0 Å². The third kappa shape index (κ3) is 4.80. The van der Waals surface area contributed by atoms with E-state index in [1.807, 2.05) is 12.1 Å². The standard InChI is InChI=1S/C21H26FNO2/c1-16-13-17(2)21(25-12-9-23-7-10-24-11-8-23)19(14-16)15-18-5-3-4-6-20(18)22/h3-6,13-14H,7-12,15H2,1-2H3. The van der Waals surface area contributed by atoms with Crippen LogP contribution >= 0.6 is 0 Å². The van der Waals surface area contributed by atoms with E-state index in [-0.39, 0.29) is 5.82 Å². The van der Waals surface area contributed by atoms with Crippen molar-refractivity contribution in [3.05, 3.63) is 64.5 Å². The van der Waals surface area contributed by atoms with Gasteiger partial charge in [-0.1, -0.05) is 35.9 Å². The predicted octanol–water partition coefficient (Wildman–Crippen LogP) is 3.74. The Morgan fingerprint density at radius 3 is 2.60 bits per heavy atom. The highest BCUT2D eigenvalue weighted by Gasteiger charge is 2.14. The Hall–Kier alpha value is -1.91. The Kier molecular flexibility index (Phi) is 6.05. The summed E-state index contributed by atoms with van der Waals surface area (Å²) in [5.74, 6) is 0.725. The summed E-state index contributed by atoms with van der Waals surface area (Å²) in [5.41, 5.74) is 4.02. The van der Waals surface area contributed by atoms with E-state index in [1.165, 1.54) is 11.6 Å². The molecule has 0 saturated carbocycles. The van der Waals surface area contributed by atoms with Crippen LogP contribution in [0.1, 0.15) is 22.3 Å². The molecule has 1 aliphatic rings. The van der Waals surface area contributed by atoms with Crippen LogP contribution < -0.4 is 4.74 Å².